The number of rotatable bonds is 5. The molecule has 0 radical (unpaired) electrons. The van der Waals surface area contributed by atoms with Crippen LogP contribution in [0.2, 0.25) is 0 Å². The Balaban J connectivity index is 1.66. The Hall–Kier alpha value is -0.220. The van der Waals surface area contributed by atoms with Gasteiger partial charge in [-0.1, -0.05) is 19.8 Å². The maximum Gasteiger partial charge on any atom is 0.236 e. The van der Waals surface area contributed by atoms with Gasteiger partial charge in [-0.25, -0.2) is 0 Å². The minimum atomic E-state index is 0.313. The van der Waals surface area contributed by atoms with E-state index in [1.165, 1.54) is 50.7 Å². The topological polar surface area (TPSA) is 32.3 Å². The smallest absolute Gasteiger partial charge is 0.236 e. The number of nitrogens with one attached hydrogen (secondary N) is 1. The Morgan fingerprint density at radius 3 is 2.63 bits per heavy atom. The van der Waals surface area contributed by atoms with Gasteiger partial charge in [-0.05, 0) is 37.9 Å². The van der Waals surface area contributed by atoms with Crippen molar-refractivity contribution in [2.24, 2.45) is 0 Å². The van der Waals surface area contributed by atoms with Gasteiger partial charge in [0.15, 0.2) is 0 Å². The van der Waals surface area contributed by atoms with E-state index in [2.05, 4.69) is 28.9 Å². The standard InChI is InChI=1S/C15H28N2OS/c1-2-19-14-8-7-13(11-14)16-12-15(18)17-9-5-3-4-6-10-17/h13-14,16H,2-12H2,1H3. The molecule has 2 atom stereocenters. The summed E-state index contributed by atoms with van der Waals surface area (Å²) in [7, 11) is 0. The molecule has 110 valence electrons. The highest BCUT2D eigenvalue weighted by molar-refractivity contribution is 7.99. The molecule has 0 bridgehead atoms. The number of carbonyl (C=O) groups excluding carboxylic acids is 1. The van der Waals surface area contributed by atoms with Crippen LogP contribution >= 0.6 is 11.8 Å². The van der Waals surface area contributed by atoms with Crippen LogP contribution in [0.3, 0.4) is 0 Å². The minimum Gasteiger partial charge on any atom is -0.342 e. The van der Waals surface area contributed by atoms with Crippen LogP contribution in [0.5, 0.6) is 0 Å². The van der Waals surface area contributed by atoms with Crippen LogP contribution in [0, 0.1) is 0 Å². The summed E-state index contributed by atoms with van der Waals surface area (Å²) in [5, 5.41) is 4.30. The van der Waals surface area contributed by atoms with E-state index in [9.17, 15) is 4.79 Å². The van der Waals surface area contributed by atoms with E-state index in [0.717, 1.165) is 18.3 Å². The molecule has 1 heterocycles. The molecule has 2 unspecified atom stereocenters. The van der Waals surface area contributed by atoms with Crippen molar-refractivity contribution in [1.29, 1.82) is 0 Å². The second-order valence-electron chi connectivity index (χ2n) is 5.76. The first-order valence-corrected chi connectivity index (χ1v) is 8.97. The van der Waals surface area contributed by atoms with E-state index in [4.69, 9.17) is 0 Å². The highest BCUT2D eigenvalue weighted by Gasteiger charge is 2.25. The third kappa shape index (κ3) is 4.99. The molecule has 1 saturated heterocycles. The summed E-state index contributed by atoms with van der Waals surface area (Å²) in [6.45, 7) is 4.72. The largest absolute Gasteiger partial charge is 0.342 e. The molecule has 0 aromatic rings. The van der Waals surface area contributed by atoms with E-state index in [-0.39, 0.29) is 0 Å². The summed E-state index contributed by atoms with van der Waals surface area (Å²) >= 11 is 2.07. The number of likely N-dealkylation sites (tertiary alicyclic amines) is 1. The van der Waals surface area contributed by atoms with Crippen LogP contribution in [0.25, 0.3) is 0 Å². The molecular formula is C15H28N2OS. The lowest BCUT2D eigenvalue weighted by molar-refractivity contribution is -0.130. The van der Waals surface area contributed by atoms with Crippen molar-refractivity contribution in [1.82, 2.24) is 10.2 Å². The normalized spacial score (nSPS) is 28.4. The number of nitrogens with zero attached hydrogens (tertiary/aromatic N) is 1. The molecule has 0 aromatic carbocycles. The third-order valence-electron chi connectivity index (χ3n) is 4.29. The molecule has 1 aliphatic carbocycles. The SMILES string of the molecule is CCSC1CCC(NCC(=O)N2CCCCCC2)C1. The van der Waals surface area contributed by atoms with Gasteiger partial charge in [-0.2, -0.15) is 11.8 Å². The summed E-state index contributed by atoms with van der Waals surface area (Å²) in [6.07, 6.45) is 8.74. The summed E-state index contributed by atoms with van der Waals surface area (Å²) in [5.74, 6) is 1.53. The van der Waals surface area contributed by atoms with E-state index in [1.54, 1.807) is 0 Å². The first kappa shape index (κ1) is 15.2. The number of thioether (sulfide) groups is 1. The molecule has 0 aromatic heterocycles. The zero-order valence-electron chi connectivity index (χ0n) is 12.2. The van der Waals surface area contributed by atoms with Crippen molar-refractivity contribution in [2.45, 2.75) is 63.2 Å². The van der Waals surface area contributed by atoms with Crippen LogP contribution < -0.4 is 5.32 Å². The molecule has 1 N–H and O–H groups in total. The predicted octanol–water partition coefficient (Wildman–Crippen LogP) is 2.65. The quantitative estimate of drug-likeness (QED) is 0.842. The maximum atomic E-state index is 12.2. The van der Waals surface area contributed by atoms with Crippen LogP contribution in [0.1, 0.15) is 51.9 Å². The highest BCUT2D eigenvalue weighted by Crippen LogP contribution is 2.29. The van der Waals surface area contributed by atoms with Crippen LogP contribution in [0.15, 0.2) is 0 Å². The fourth-order valence-electron chi connectivity index (χ4n) is 3.18. The van der Waals surface area contributed by atoms with Gasteiger partial charge < -0.3 is 10.2 Å². The molecule has 2 rings (SSSR count). The first-order chi connectivity index (χ1) is 9.29. The lowest BCUT2D eigenvalue weighted by atomic mass is 10.2. The molecule has 4 heteroatoms. The first-order valence-electron chi connectivity index (χ1n) is 7.92. The van der Waals surface area contributed by atoms with Gasteiger partial charge in [0, 0.05) is 24.4 Å². The average molecular weight is 284 g/mol. The van der Waals surface area contributed by atoms with Crippen molar-refractivity contribution in [3.05, 3.63) is 0 Å². The minimum absolute atomic E-state index is 0.313. The molecule has 1 amide bonds. The van der Waals surface area contributed by atoms with Gasteiger partial charge in [0.1, 0.15) is 0 Å². The van der Waals surface area contributed by atoms with Crippen molar-refractivity contribution >= 4 is 17.7 Å². The summed E-state index contributed by atoms with van der Waals surface area (Å²) in [5.41, 5.74) is 0. The Morgan fingerprint density at radius 2 is 1.95 bits per heavy atom. The van der Waals surface area contributed by atoms with Crippen molar-refractivity contribution in [2.75, 3.05) is 25.4 Å². The second kappa shape index (κ2) is 8.15. The lowest BCUT2D eigenvalue weighted by Gasteiger charge is -2.22. The van der Waals surface area contributed by atoms with Crippen LogP contribution in [0.4, 0.5) is 0 Å². The van der Waals surface area contributed by atoms with Gasteiger partial charge in [-0.15, -0.1) is 0 Å². The highest BCUT2D eigenvalue weighted by atomic mass is 32.2. The van der Waals surface area contributed by atoms with Crippen LogP contribution in [-0.4, -0.2) is 47.5 Å². The summed E-state index contributed by atoms with van der Waals surface area (Å²) in [4.78, 5) is 14.2. The molecule has 2 aliphatic rings. The monoisotopic (exact) mass is 284 g/mol. The molecule has 0 spiro atoms. The Kier molecular flexibility index (Phi) is 6.51. The zero-order valence-corrected chi connectivity index (χ0v) is 13.0. The lowest BCUT2D eigenvalue weighted by Crippen LogP contribution is -2.41. The van der Waals surface area contributed by atoms with Gasteiger partial charge >= 0.3 is 0 Å². The van der Waals surface area contributed by atoms with Crippen molar-refractivity contribution < 1.29 is 4.79 Å². The zero-order chi connectivity index (χ0) is 13.5. The number of hydrogen-bond donors (Lipinski definition) is 1. The molecule has 19 heavy (non-hydrogen) atoms. The maximum absolute atomic E-state index is 12.2. The molecule has 1 saturated carbocycles. The molecule has 3 nitrogen and oxygen atoms in total. The van der Waals surface area contributed by atoms with Gasteiger partial charge in [0.2, 0.25) is 5.91 Å². The third-order valence-corrected chi connectivity index (χ3v) is 5.52. The average Bonchev–Trinajstić information content (AvgIpc) is 2.69. The fourth-order valence-corrected chi connectivity index (χ4v) is 4.32. The fraction of sp³-hybridized carbons (Fsp3) is 0.933. The molecular weight excluding hydrogens is 256 g/mol. The van der Waals surface area contributed by atoms with E-state index in [0.29, 0.717) is 18.5 Å². The Bertz CT molecular complexity index is 277. The van der Waals surface area contributed by atoms with Crippen molar-refractivity contribution in [3.63, 3.8) is 0 Å². The van der Waals surface area contributed by atoms with E-state index >= 15 is 0 Å². The number of hydrogen-bond acceptors (Lipinski definition) is 3. The van der Waals surface area contributed by atoms with Gasteiger partial charge in [0.05, 0.1) is 6.54 Å². The summed E-state index contributed by atoms with van der Waals surface area (Å²) < 4.78 is 0. The molecule has 2 fully saturated rings. The molecule has 1 aliphatic heterocycles. The van der Waals surface area contributed by atoms with E-state index < -0.39 is 0 Å². The van der Waals surface area contributed by atoms with Crippen LogP contribution in [-0.2, 0) is 4.79 Å². The Morgan fingerprint density at radius 1 is 1.21 bits per heavy atom. The van der Waals surface area contributed by atoms with Crippen molar-refractivity contribution in [3.8, 4) is 0 Å². The Labute approximate surface area is 121 Å². The second-order valence-corrected chi connectivity index (χ2v) is 7.34. The predicted molar refractivity (Wildman–Crippen MR) is 82.6 cm³/mol. The van der Waals surface area contributed by atoms with Gasteiger partial charge in [0.25, 0.3) is 0 Å². The summed E-state index contributed by atoms with van der Waals surface area (Å²) in [6, 6.07) is 0.569. The van der Waals surface area contributed by atoms with E-state index in [1.807, 2.05) is 0 Å². The number of amides is 1. The van der Waals surface area contributed by atoms with Gasteiger partial charge in [-0.3, -0.25) is 4.79 Å². The number of carbonyl (C=O) groups is 1.